The molecule has 1 N–H and O–H groups in total. The van der Waals surface area contributed by atoms with E-state index >= 15 is 0 Å². The molecule has 0 bridgehead atoms. The maximum absolute atomic E-state index is 14.2. The van der Waals surface area contributed by atoms with Crippen LogP contribution in [0.2, 0.25) is 0 Å². The molecule has 1 fully saturated rings. The van der Waals surface area contributed by atoms with Crippen LogP contribution in [0.1, 0.15) is 37.3 Å². The molecule has 0 spiro atoms. The monoisotopic (exact) mass is 540 g/mol. The smallest absolute Gasteiger partial charge is 0.275 e. The summed E-state index contributed by atoms with van der Waals surface area (Å²) in [5.41, 5.74) is 3.39. The number of carbonyl (C=O) groups is 3. The third-order valence-corrected chi connectivity index (χ3v) is 8.01. The fourth-order valence-electron chi connectivity index (χ4n) is 5.43. The Morgan fingerprint density at radius 1 is 1.02 bits per heavy atom. The number of rotatable bonds is 6. The Balaban J connectivity index is 1.60. The molecular weight excluding hydrogens is 504 g/mol. The van der Waals surface area contributed by atoms with E-state index in [-0.39, 0.29) is 36.5 Å². The number of ether oxygens (including phenoxy) is 1. The lowest BCUT2D eigenvalue weighted by Gasteiger charge is -2.28. The minimum absolute atomic E-state index is 0.0570. The second kappa shape index (κ2) is 12.1. The summed E-state index contributed by atoms with van der Waals surface area (Å²) in [7, 11) is 1.67. The molecule has 3 aromatic carbocycles. The normalized spacial score (nSPS) is 18.1. The van der Waals surface area contributed by atoms with Crippen molar-refractivity contribution in [1.82, 2.24) is 5.32 Å². The van der Waals surface area contributed by atoms with Crippen LogP contribution in [0.5, 0.6) is 0 Å². The van der Waals surface area contributed by atoms with Crippen LogP contribution in [-0.2, 0) is 25.7 Å². The van der Waals surface area contributed by atoms with E-state index in [0.717, 1.165) is 34.7 Å². The highest BCUT2D eigenvalue weighted by atomic mass is 16.5. The van der Waals surface area contributed by atoms with Crippen molar-refractivity contribution in [2.75, 3.05) is 36.6 Å². The molecule has 8 heteroatoms. The second-order valence-electron chi connectivity index (χ2n) is 10.6. The minimum atomic E-state index is -0.564. The summed E-state index contributed by atoms with van der Waals surface area (Å²) in [5.74, 6) is -0.696. The molecule has 0 aromatic heterocycles. The lowest BCUT2D eigenvalue weighted by atomic mass is 9.95. The number of nitrogens with zero attached hydrogens (tertiary/aromatic N) is 3. The Kier molecular flexibility index (Phi) is 8.38. The van der Waals surface area contributed by atoms with Gasteiger partial charge in [-0.3, -0.25) is 14.4 Å². The number of hydrogen-bond acceptors (Lipinski definition) is 5. The van der Waals surface area contributed by atoms with E-state index in [0.29, 0.717) is 31.0 Å². The molecule has 8 nitrogen and oxygen atoms in total. The van der Waals surface area contributed by atoms with Gasteiger partial charge in [0.2, 0.25) is 5.91 Å². The zero-order valence-corrected chi connectivity index (χ0v) is 23.4. The SMILES string of the molecule is CN[C@@H](C)C(=O)N=C1CN(C(=O)CC2CCOCC2)c2ccccc2N(Cc2c(C)ccc3ccccc23)C1=O. The number of aliphatic imine (C=N–C) groups is 1. The number of benzene rings is 3. The van der Waals surface area contributed by atoms with E-state index in [1.807, 2.05) is 43.3 Å². The number of amides is 3. The molecule has 0 aliphatic carbocycles. The van der Waals surface area contributed by atoms with Crippen molar-refractivity contribution in [3.05, 3.63) is 71.8 Å². The summed E-state index contributed by atoms with van der Waals surface area (Å²) in [6.45, 7) is 5.24. The lowest BCUT2D eigenvalue weighted by Crippen LogP contribution is -2.42. The molecule has 0 radical (unpaired) electrons. The van der Waals surface area contributed by atoms with Crippen LogP contribution in [0, 0.1) is 12.8 Å². The third kappa shape index (κ3) is 5.69. The van der Waals surface area contributed by atoms with E-state index in [1.54, 1.807) is 23.8 Å². The van der Waals surface area contributed by atoms with E-state index < -0.39 is 11.9 Å². The Hall–Kier alpha value is -3.88. The van der Waals surface area contributed by atoms with Crippen LogP contribution in [0.3, 0.4) is 0 Å². The first kappa shape index (κ1) is 27.7. The molecule has 1 atom stereocenters. The van der Waals surface area contributed by atoms with Crippen molar-refractivity contribution in [2.24, 2.45) is 10.9 Å². The van der Waals surface area contributed by atoms with Crippen LogP contribution < -0.4 is 15.1 Å². The number of likely N-dealkylation sites (N-methyl/N-ethyl adjacent to an activating group) is 1. The minimum Gasteiger partial charge on any atom is -0.381 e. The van der Waals surface area contributed by atoms with Crippen LogP contribution in [0.25, 0.3) is 10.8 Å². The predicted octanol–water partition coefficient (Wildman–Crippen LogP) is 4.42. The van der Waals surface area contributed by atoms with E-state index in [9.17, 15) is 14.4 Å². The first-order valence-corrected chi connectivity index (χ1v) is 13.9. The number of fused-ring (bicyclic) bond motifs is 2. The largest absolute Gasteiger partial charge is 0.381 e. The van der Waals surface area contributed by atoms with Crippen molar-refractivity contribution in [2.45, 2.75) is 45.7 Å². The number of hydrogen-bond donors (Lipinski definition) is 1. The molecule has 40 heavy (non-hydrogen) atoms. The molecule has 0 unspecified atom stereocenters. The topological polar surface area (TPSA) is 91.3 Å². The summed E-state index contributed by atoms with van der Waals surface area (Å²) in [4.78, 5) is 48.6. The lowest BCUT2D eigenvalue weighted by molar-refractivity contribution is -0.121. The fourth-order valence-corrected chi connectivity index (χ4v) is 5.43. The first-order valence-electron chi connectivity index (χ1n) is 13.9. The Morgan fingerprint density at radius 3 is 2.48 bits per heavy atom. The fraction of sp³-hybridized carbons (Fsp3) is 0.375. The van der Waals surface area contributed by atoms with Gasteiger partial charge < -0.3 is 19.9 Å². The quantitative estimate of drug-likeness (QED) is 0.500. The summed E-state index contributed by atoms with van der Waals surface area (Å²) < 4.78 is 5.48. The second-order valence-corrected chi connectivity index (χ2v) is 10.6. The van der Waals surface area contributed by atoms with Gasteiger partial charge in [-0.05, 0) is 73.7 Å². The van der Waals surface area contributed by atoms with Gasteiger partial charge in [-0.15, -0.1) is 0 Å². The van der Waals surface area contributed by atoms with Crippen molar-refractivity contribution < 1.29 is 19.1 Å². The molecule has 208 valence electrons. The van der Waals surface area contributed by atoms with Crippen molar-refractivity contribution in [3.63, 3.8) is 0 Å². The molecule has 0 saturated carbocycles. The van der Waals surface area contributed by atoms with E-state index in [1.165, 1.54) is 0 Å². The number of anilines is 2. The van der Waals surface area contributed by atoms with E-state index in [2.05, 4.69) is 34.6 Å². The van der Waals surface area contributed by atoms with Crippen LogP contribution >= 0.6 is 0 Å². The maximum atomic E-state index is 14.2. The average molecular weight is 541 g/mol. The molecule has 1 saturated heterocycles. The summed E-state index contributed by atoms with van der Waals surface area (Å²) in [6.07, 6.45) is 2.00. The number of carbonyl (C=O) groups excluding carboxylic acids is 3. The number of nitrogens with one attached hydrogen (secondary N) is 1. The molecule has 3 amide bonds. The van der Waals surface area contributed by atoms with Gasteiger partial charge in [-0.2, -0.15) is 0 Å². The molecule has 2 aliphatic rings. The van der Waals surface area contributed by atoms with Gasteiger partial charge in [0.15, 0.2) is 0 Å². The Bertz CT molecular complexity index is 1460. The Morgan fingerprint density at radius 2 is 1.73 bits per heavy atom. The number of aryl methyl sites for hydroxylation is 1. The van der Waals surface area contributed by atoms with Gasteiger partial charge >= 0.3 is 0 Å². The van der Waals surface area contributed by atoms with Gasteiger partial charge in [-0.25, -0.2) is 4.99 Å². The molecule has 2 aliphatic heterocycles. The molecular formula is C32H36N4O4. The molecule has 2 heterocycles. The Labute approximate surface area is 235 Å². The van der Waals surface area contributed by atoms with Gasteiger partial charge in [0.1, 0.15) is 5.71 Å². The van der Waals surface area contributed by atoms with Gasteiger partial charge in [0.25, 0.3) is 11.8 Å². The highest BCUT2D eigenvalue weighted by Crippen LogP contribution is 2.36. The van der Waals surface area contributed by atoms with Crippen molar-refractivity contribution >= 4 is 45.6 Å². The molecule has 5 rings (SSSR count). The molecule has 3 aromatic rings. The van der Waals surface area contributed by atoms with Crippen LogP contribution in [-0.4, -0.2) is 56.3 Å². The van der Waals surface area contributed by atoms with Gasteiger partial charge in [-0.1, -0.05) is 48.5 Å². The standard InChI is InChI=1S/C32H36N4O4/c1-21-12-13-24-8-4-5-9-25(24)26(21)19-36-29-11-7-6-10-28(29)35(30(37)18-23-14-16-40-17-15-23)20-27(32(36)39)34-31(38)22(2)33-3/h4-13,22-23,33H,14-20H2,1-3H3/t22-/m0/s1. The highest BCUT2D eigenvalue weighted by molar-refractivity contribution is 6.47. The van der Waals surface area contributed by atoms with Crippen LogP contribution in [0.15, 0.2) is 65.7 Å². The predicted molar refractivity (Wildman–Crippen MR) is 158 cm³/mol. The average Bonchev–Trinajstić information content (AvgIpc) is 3.09. The zero-order chi connectivity index (χ0) is 28.2. The van der Waals surface area contributed by atoms with Crippen molar-refractivity contribution in [3.8, 4) is 0 Å². The van der Waals surface area contributed by atoms with E-state index in [4.69, 9.17) is 4.74 Å². The van der Waals surface area contributed by atoms with Crippen LogP contribution in [0.4, 0.5) is 11.4 Å². The van der Waals surface area contributed by atoms with Gasteiger partial charge in [0.05, 0.1) is 30.5 Å². The third-order valence-electron chi connectivity index (χ3n) is 8.01. The maximum Gasteiger partial charge on any atom is 0.275 e. The summed E-state index contributed by atoms with van der Waals surface area (Å²) >= 11 is 0. The first-order chi connectivity index (χ1) is 19.4. The number of para-hydroxylation sites is 2. The summed E-state index contributed by atoms with van der Waals surface area (Å²) in [6, 6.07) is 19.1. The van der Waals surface area contributed by atoms with Crippen molar-refractivity contribution in [1.29, 1.82) is 0 Å². The zero-order valence-electron chi connectivity index (χ0n) is 23.4. The highest BCUT2D eigenvalue weighted by Gasteiger charge is 2.35. The summed E-state index contributed by atoms with van der Waals surface area (Å²) in [5, 5.41) is 5.04. The van der Waals surface area contributed by atoms with Gasteiger partial charge in [0, 0.05) is 19.6 Å².